The molecule has 3 nitrogen and oxygen atoms in total. The van der Waals surface area contributed by atoms with Crippen LogP contribution in [0.2, 0.25) is 0 Å². The smallest absolute Gasteiger partial charge is 0.237 e. The summed E-state index contributed by atoms with van der Waals surface area (Å²) in [4.78, 5) is 5.28. The van der Waals surface area contributed by atoms with E-state index < -0.39 is 6.10 Å². The minimum atomic E-state index is -0.430. The lowest BCUT2D eigenvalue weighted by molar-refractivity contribution is -0.711. The molecule has 4 aromatic rings. The van der Waals surface area contributed by atoms with Crippen LogP contribution in [0.25, 0.3) is 33.1 Å². The van der Waals surface area contributed by atoms with Gasteiger partial charge in [-0.25, -0.2) is 4.98 Å². The molecule has 0 saturated heterocycles. The quantitative estimate of drug-likeness (QED) is 0.442. The third-order valence-corrected chi connectivity index (χ3v) is 8.67. The van der Waals surface area contributed by atoms with E-state index in [1.807, 2.05) is 0 Å². The van der Waals surface area contributed by atoms with Crippen LogP contribution in [0.15, 0.2) is 48.5 Å². The molecule has 1 aliphatic heterocycles. The van der Waals surface area contributed by atoms with Gasteiger partial charge in [-0.05, 0) is 55.8 Å². The first-order valence-corrected chi connectivity index (χ1v) is 10.8. The van der Waals surface area contributed by atoms with Crippen LogP contribution in [-0.4, -0.2) is 16.2 Å². The summed E-state index contributed by atoms with van der Waals surface area (Å²) in [5.41, 5.74) is 8.63. The molecule has 7 rings (SSSR count). The van der Waals surface area contributed by atoms with Crippen LogP contribution in [0, 0.1) is 6.92 Å². The SMILES string of the molecule is Cc1ccc2c(c1)nc1c3[n+]2C2(C)C(O)C2(C)c2ccc4cccc(c4c2-3)C1(C)C. The van der Waals surface area contributed by atoms with Gasteiger partial charge in [-0.2, -0.15) is 4.57 Å². The molecular weight excluding hydrogens is 368 g/mol. The van der Waals surface area contributed by atoms with Crippen molar-refractivity contribution in [1.29, 1.82) is 0 Å². The molecule has 0 amide bonds. The van der Waals surface area contributed by atoms with Gasteiger partial charge in [0.05, 0.1) is 11.0 Å². The summed E-state index contributed by atoms with van der Waals surface area (Å²) in [6.45, 7) is 11.2. The molecule has 3 aromatic carbocycles. The maximum Gasteiger partial charge on any atom is 0.237 e. The van der Waals surface area contributed by atoms with Crippen molar-refractivity contribution in [3.63, 3.8) is 0 Å². The molecule has 3 aliphatic rings. The van der Waals surface area contributed by atoms with Crippen molar-refractivity contribution in [3.8, 4) is 11.3 Å². The number of hydrogen-bond donors (Lipinski definition) is 1. The number of aliphatic hydroxyl groups is 1. The van der Waals surface area contributed by atoms with Crippen molar-refractivity contribution < 1.29 is 9.67 Å². The molecule has 1 fully saturated rings. The van der Waals surface area contributed by atoms with Gasteiger partial charge >= 0.3 is 0 Å². The van der Waals surface area contributed by atoms with Crippen LogP contribution in [0.1, 0.15) is 50.1 Å². The van der Waals surface area contributed by atoms with E-state index in [2.05, 4.69) is 87.7 Å². The van der Waals surface area contributed by atoms with E-state index in [4.69, 9.17) is 4.98 Å². The molecule has 2 heterocycles. The average Bonchev–Trinajstić information content (AvgIpc) is 3.18. The van der Waals surface area contributed by atoms with Crippen molar-refractivity contribution in [1.82, 2.24) is 4.98 Å². The molecule has 2 aliphatic carbocycles. The van der Waals surface area contributed by atoms with Gasteiger partial charge in [0, 0.05) is 23.8 Å². The van der Waals surface area contributed by atoms with E-state index >= 15 is 0 Å². The maximum atomic E-state index is 11.4. The first-order chi connectivity index (χ1) is 14.2. The summed E-state index contributed by atoms with van der Waals surface area (Å²) in [6, 6.07) is 17.7. The van der Waals surface area contributed by atoms with Gasteiger partial charge < -0.3 is 5.11 Å². The lowest BCUT2D eigenvalue weighted by atomic mass is 9.68. The molecule has 0 bridgehead atoms. The van der Waals surface area contributed by atoms with E-state index in [0.29, 0.717) is 0 Å². The van der Waals surface area contributed by atoms with Crippen molar-refractivity contribution in [2.45, 2.75) is 57.1 Å². The molecule has 0 spiro atoms. The fraction of sp³-hybridized carbons (Fsp3) is 0.333. The normalized spacial score (nSPS) is 29.2. The van der Waals surface area contributed by atoms with Crippen LogP contribution >= 0.6 is 0 Å². The highest BCUT2D eigenvalue weighted by molar-refractivity contribution is 6.04. The van der Waals surface area contributed by atoms with E-state index in [1.54, 1.807) is 0 Å². The van der Waals surface area contributed by atoms with Crippen LogP contribution in [0.3, 0.4) is 0 Å². The van der Waals surface area contributed by atoms with Crippen LogP contribution in [-0.2, 0) is 16.4 Å². The van der Waals surface area contributed by atoms with Crippen molar-refractivity contribution in [3.05, 3.63) is 70.9 Å². The highest BCUT2D eigenvalue weighted by atomic mass is 16.3. The second-order valence-electron chi connectivity index (χ2n) is 10.4. The summed E-state index contributed by atoms with van der Waals surface area (Å²) < 4.78 is 2.44. The van der Waals surface area contributed by atoms with Crippen LogP contribution < -0.4 is 4.57 Å². The van der Waals surface area contributed by atoms with Gasteiger partial charge in [-0.3, -0.25) is 0 Å². The lowest BCUT2D eigenvalue weighted by Crippen LogP contribution is -2.56. The Bertz CT molecular complexity index is 1480. The number of rotatable bonds is 0. The van der Waals surface area contributed by atoms with Gasteiger partial charge in [0.25, 0.3) is 0 Å². The Balaban J connectivity index is 1.83. The fourth-order valence-corrected chi connectivity index (χ4v) is 6.69. The Morgan fingerprint density at radius 1 is 0.967 bits per heavy atom. The van der Waals surface area contributed by atoms with E-state index in [1.165, 1.54) is 38.7 Å². The number of aryl methyl sites for hydroxylation is 1. The molecule has 1 saturated carbocycles. The first kappa shape index (κ1) is 17.0. The Labute approximate surface area is 176 Å². The second-order valence-corrected chi connectivity index (χ2v) is 10.4. The van der Waals surface area contributed by atoms with E-state index in [9.17, 15) is 5.11 Å². The Morgan fingerprint density at radius 2 is 1.77 bits per heavy atom. The maximum absolute atomic E-state index is 11.4. The van der Waals surface area contributed by atoms with Crippen molar-refractivity contribution >= 4 is 21.8 Å². The summed E-state index contributed by atoms with van der Waals surface area (Å²) >= 11 is 0. The molecule has 3 heteroatoms. The minimum Gasteiger partial charge on any atom is -0.385 e. The Kier molecular flexibility index (Phi) is 2.60. The summed E-state index contributed by atoms with van der Waals surface area (Å²) in [5.74, 6) is 0. The zero-order chi connectivity index (χ0) is 20.8. The molecule has 1 aromatic heterocycles. The van der Waals surface area contributed by atoms with Gasteiger partial charge in [0.1, 0.15) is 17.3 Å². The predicted octanol–water partition coefficient (Wildman–Crippen LogP) is 4.65. The minimum absolute atomic E-state index is 0.218. The van der Waals surface area contributed by atoms with Crippen molar-refractivity contribution in [2.24, 2.45) is 0 Å². The third kappa shape index (κ3) is 1.47. The number of aromatic nitrogens is 2. The highest BCUT2D eigenvalue weighted by Gasteiger charge is 2.83. The standard InChI is InChI=1S/C27H25N2O/c1-14-9-12-19-18(13-14)28-23-22-21-17(26(4)24(30)27(26,5)29(19)22)11-10-15-7-6-8-16(20(15)21)25(23,2)3/h6-13,24,30H,1-5H3/q+1. The Morgan fingerprint density at radius 3 is 2.57 bits per heavy atom. The predicted molar refractivity (Wildman–Crippen MR) is 119 cm³/mol. The summed E-state index contributed by atoms with van der Waals surface area (Å²) in [5, 5.41) is 14.0. The highest BCUT2D eigenvalue weighted by Crippen LogP contribution is 2.66. The number of aliphatic hydroxyl groups excluding tert-OH is 1. The second kappa shape index (κ2) is 4.60. The average molecular weight is 394 g/mol. The fourth-order valence-electron chi connectivity index (χ4n) is 6.69. The van der Waals surface area contributed by atoms with E-state index in [-0.39, 0.29) is 16.4 Å². The van der Waals surface area contributed by atoms with Gasteiger partial charge in [0.15, 0.2) is 0 Å². The molecule has 0 radical (unpaired) electrons. The third-order valence-electron chi connectivity index (χ3n) is 8.67. The molecule has 1 N–H and O–H groups in total. The van der Waals surface area contributed by atoms with Crippen LogP contribution in [0.5, 0.6) is 0 Å². The number of nitrogens with zero attached hydrogens (tertiary/aromatic N) is 2. The zero-order valence-corrected chi connectivity index (χ0v) is 18.0. The molecule has 148 valence electrons. The zero-order valence-electron chi connectivity index (χ0n) is 18.0. The van der Waals surface area contributed by atoms with Crippen molar-refractivity contribution in [2.75, 3.05) is 0 Å². The molecule has 30 heavy (non-hydrogen) atoms. The Hall–Kier alpha value is -2.78. The topological polar surface area (TPSA) is 37.0 Å². The lowest BCUT2D eigenvalue weighted by Gasteiger charge is -2.37. The molecule has 3 atom stereocenters. The van der Waals surface area contributed by atoms with Gasteiger partial charge in [-0.15, -0.1) is 0 Å². The molecular formula is C27H25N2O+. The van der Waals surface area contributed by atoms with E-state index in [0.717, 1.165) is 16.7 Å². The van der Waals surface area contributed by atoms with Gasteiger partial charge in [0.2, 0.25) is 16.7 Å². The first-order valence-electron chi connectivity index (χ1n) is 10.8. The number of fused-ring (bicyclic) bond motifs is 5. The monoisotopic (exact) mass is 393 g/mol. The van der Waals surface area contributed by atoms with Crippen LogP contribution in [0.4, 0.5) is 0 Å². The number of hydrogen-bond acceptors (Lipinski definition) is 2. The molecule has 3 unspecified atom stereocenters. The summed E-state index contributed by atoms with van der Waals surface area (Å²) in [6.07, 6.45) is -0.430. The van der Waals surface area contributed by atoms with Gasteiger partial charge in [-0.1, -0.05) is 36.4 Å². The summed E-state index contributed by atoms with van der Waals surface area (Å²) in [7, 11) is 0. The largest absolute Gasteiger partial charge is 0.385 e. The number of benzene rings is 3.